The summed E-state index contributed by atoms with van der Waals surface area (Å²) in [6.07, 6.45) is 9.14. The molecular formula is C13H28ClNO. The molecule has 2 nitrogen and oxygen atoms in total. The van der Waals surface area contributed by atoms with Crippen LogP contribution in [0.2, 0.25) is 0 Å². The molecule has 0 radical (unpaired) electrons. The molecule has 16 heavy (non-hydrogen) atoms. The van der Waals surface area contributed by atoms with Crippen LogP contribution < -0.4 is 5.32 Å². The molecule has 0 aromatic heterocycles. The summed E-state index contributed by atoms with van der Waals surface area (Å²) >= 11 is 6.01. The lowest BCUT2D eigenvalue weighted by atomic mass is 10.1. The lowest BCUT2D eigenvalue weighted by Gasteiger charge is -2.08. The minimum Gasteiger partial charge on any atom is -0.383 e. The molecule has 0 aliphatic carbocycles. The summed E-state index contributed by atoms with van der Waals surface area (Å²) < 4.78 is 4.98. The molecule has 1 N–H and O–H groups in total. The van der Waals surface area contributed by atoms with Gasteiger partial charge in [-0.05, 0) is 25.9 Å². The Morgan fingerprint density at radius 3 is 2.44 bits per heavy atom. The number of methoxy groups -OCH3 is 1. The first kappa shape index (κ1) is 16.2. The van der Waals surface area contributed by atoms with E-state index >= 15 is 0 Å². The van der Waals surface area contributed by atoms with E-state index in [9.17, 15) is 0 Å². The molecule has 0 aromatic carbocycles. The predicted molar refractivity (Wildman–Crippen MR) is 72.4 cm³/mol. The molecule has 0 bridgehead atoms. The molecule has 1 atom stereocenters. The van der Waals surface area contributed by atoms with Crippen molar-refractivity contribution in [3.8, 4) is 0 Å². The van der Waals surface area contributed by atoms with Gasteiger partial charge >= 0.3 is 0 Å². The topological polar surface area (TPSA) is 21.3 Å². The van der Waals surface area contributed by atoms with E-state index in [1.807, 2.05) is 0 Å². The van der Waals surface area contributed by atoms with Gasteiger partial charge in [-0.25, -0.2) is 0 Å². The Hall–Kier alpha value is 0.210. The second kappa shape index (κ2) is 13.3. The molecule has 0 rings (SSSR count). The summed E-state index contributed by atoms with van der Waals surface area (Å²) in [6.45, 7) is 5.04. The fraction of sp³-hybridized carbons (Fsp3) is 1.00. The Morgan fingerprint density at radius 2 is 1.75 bits per heavy atom. The first-order valence-corrected chi connectivity index (χ1v) is 7.08. The van der Waals surface area contributed by atoms with Gasteiger partial charge in [-0.3, -0.25) is 0 Å². The molecule has 0 saturated carbocycles. The number of rotatable bonds is 12. The highest BCUT2D eigenvalue weighted by molar-refractivity contribution is 6.20. The summed E-state index contributed by atoms with van der Waals surface area (Å²) in [5.74, 6) is 0. The van der Waals surface area contributed by atoms with E-state index in [2.05, 4.69) is 12.2 Å². The quantitative estimate of drug-likeness (QED) is 0.422. The number of alkyl halides is 1. The number of hydrogen-bond donors (Lipinski definition) is 1. The van der Waals surface area contributed by atoms with Crippen LogP contribution in [0.4, 0.5) is 0 Å². The van der Waals surface area contributed by atoms with Gasteiger partial charge in [-0.1, -0.05) is 39.0 Å². The van der Waals surface area contributed by atoms with Gasteiger partial charge in [0.25, 0.3) is 0 Å². The van der Waals surface area contributed by atoms with Gasteiger partial charge in [-0.2, -0.15) is 0 Å². The third kappa shape index (κ3) is 12.3. The number of halogens is 1. The maximum atomic E-state index is 6.01. The Kier molecular flexibility index (Phi) is 13.4. The normalized spacial score (nSPS) is 12.9. The maximum Gasteiger partial charge on any atom is 0.0626 e. The summed E-state index contributed by atoms with van der Waals surface area (Å²) in [5, 5.41) is 3.58. The summed E-state index contributed by atoms with van der Waals surface area (Å²) in [4.78, 5) is 0. The summed E-state index contributed by atoms with van der Waals surface area (Å²) in [7, 11) is 1.69. The van der Waals surface area contributed by atoms with Crippen molar-refractivity contribution < 1.29 is 4.74 Å². The molecule has 0 saturated heterocycles. The molecule has 0 heterocycles. The van der Waals surface area contributed by atoms with Crippen molar-refractivity contribution in [2.45, 2.75) is 57.2 Å². The van der Waals surface area contributed by atoms with E-state index < -0.39 is 0 Å². The van der Waals surface area contributed by atoms with Crippen LogP contribution in [0.15, 0.2) is 0 Å². The molecule has 0 aromatic rings. The minimum atomic E-state index is 0.155. The van der Waals surface area contributed by atoms with E-state index in [4.69, 9.17) is 16.3 Å². The zero-order chi connectivity index (χ0) is 12.1. The maximum absolute atomic E-state index is 6.01. The molecule has 0 aliphatic heterocycles. The van der Waals surface area contributed by atoms with Crippen LogP contribution in [0, 0.1) is 0 Å². The molecule has 3 heteroatoms. The van der Waals surface area contributed by atoms with Crippen LogP contribution in [0.3, 0.4) is 0 Å². The van der Waals surface area contributed by atoms with Crippen molar-refractivity contribution in [2.75, 3.05) is 26.8 Å². The van der Waals surface area contributed by atoms with Crippen LogP contribution >= 0.6 is 11.6 Å². The van der Waals surface area contributed by atoms with Gasteiger partial charge in [0.15, 0.2) is 0 Å². The smallest absolute Gasteiger partial charge is 0.0626 e. The number of unbranched alkanes of at least 4 members (excludes halogenated alkanes) is 5. The van der Waals surface area contributed by atoms with Crippen molar-refractivity contribution >= 4 is 11.6 Å². The van der Waals surface area contributed by atoms with Gasteiger partial charge in [-0.15, -0.1) is 11.6 Å². The predicted octanol–water partition coefficient (Wildman–Crippen LogP) is 3.58. The first-order valence-electron chi connectivity index (χ1n) is 6.65. The van der Waals surface area contributed by atoms with Crippen molar-refractivity contribution in [2.24, 2.45) is 0 Å². The fourth-order valence-corrected chi connectivity index (χ4v) is 1.91. The van der Waals surface area contributed by atoms with Crippen molar-refractivity contribution in [1.82, 2.24) is 5.32 Å². The minimum absolute atomic E-state index is 0.155. The van der Waals surface area contributed by atoms with E-state index in [1.54, 1.807) is 7.11 Å². The number of ether oxygens (including phenoxy) is 1. The second-order valence-corrected chi connectivity index (χ2v) is 4.98. The van der Waals surface area contributed by atoms with Gasteiger partial charge in [0, 0.05) is 7.11 Å². The highest BCUT2D eigenvalue weighted by Crippen LogP contribution is 2.04. The number of nitrogens with one attached hydrogen (secondary N) is 1. The first-order chi connectivity index (χ1) is 7.81. The molecule has 0 fully saturated rings. The highest BCUT2D eigenvalue weighted by atomic mass is 35.5. The Balaban J connectivity index is 2.98. The van der Waals surface area contributed by atoms with Gasteiger partial charge in [0.05, 0.1) is 12.0 Å². The molecule has 0 aliphatic rings. The average Bonchev–Trinajstić information content (AvgIpc) is 2.27. The van der Waals surface area contributed by atoms with E-state index in [-0.39, 0.29) is 5.38 Å². The van der Waals surface area contributed by atoms with E-state index in [0.29, 0.717) is 6.61 Å². The molecule has 98 valence electrons. The monoisotopic (exact) mass is 249 g/mol. The Bertz CT molecular complexity index is 133. The third-order valence-electron chi connectivity index (χ3n) is 2.69. The standard InChI is InChI=1S/C13H28ClNO/c1-3-4-5-6-7-8-10-15-11-9-13(14)12-16-2/h13,15H,3-12H2,1-2H3. The zero-order valence-electron chi connectivity index (χ0n) is 10.9. The average molecular weight is 250 g/mol. The van der Waals surface area contributed by atoms with Crippen LogP contribution in [0.1, 0.15) is 51.9 Å². The fourth-order valence-electron chi connectivity index (χ4n) is 1.68. The highest BCUT2D eigenvalue weighted by Gasteiger charge is 2.02. The molecular weight excluding hydrogens is 222 g/mol. The SMILES string of the molecule is CCCCCCCCNCCC(Cl)COC. The van der Waals surface area contributed by atoms with E-state index in [1.165, 1.54) is 38.5 Å². The van der Waals surface area contributed by atoms with Crippen LogP contribution in [-0.4, -0.2) is 32.2 Å². The Morgan fingerprint density at radius 1 is 1.06 bits per heavy atom. The van der Waals surface area contributed by atoms with Crippen molar-refractivity contribution in [3.05, 3.63) is 0 Å². The molecule has 1 unspecified atom stereocenters. The number of hydrogen-bond acceptors (Lipinski definition) is 2. The van der Waals surface area contributed by atoms with Gasteiger partial charge in [0.1, 0.15) is 0 Å². The van der Waals surface area contributed by atoms with Crippen LogP contribution in [0.25, 0.3) is 0 Å². The zero-order valence-corrected chi connectivity index (χ0v) is 11.7. The summed E-state index contributed by atoms with van der Waals surface area (Å²) in [6, 6.07) is 0. The van der Waals surface area contributed by atoms with Crippen LogP contribution in [-0.2, 0) is 4.74 Å². The van der Waals surface area contributed by atoms with E-state index in [0.717, 1.165) is 19.5 Å². The van der Waals surface area contributed by atoms with Gasteiger partial charge in [0.2, 0.25) is 0 Å². The lowest BCUT2D eigenvalue weighted by Crippen LogP contribution is -2.21. The summed E-state index contributed by atoms with van der Waals surface area (Å²) in [5.41, 5.74) is 0. The second-order valence-electron chi connectivity index (χ2n) is 4.36. The lowest BCUT2D eigenvalue weighted by molar-refractivity contribution is 0.195. The Labute approximate surface area is 106 Å². The molecule has 0 amide bonds. The van der Waals surface area contributed by atoms with Gasteiger partial charge < -0.3 is 10.1 Å². The van der Waals surface area contributed by atoms with Crippen molar-refractivity contribution in [3.63, 3.8) is 0 Å². The van der Waals surface area contributed by atoms with Crippen molar-refractivity contribution in [1.29, 1.82) is 0 Å². The largest absolute Gasteiger partial charge is 0.383 e. The molecule has 0 spiro atoms. The third-order valence-corrected chi connectivity index (χ3v) is 3.03. The van der Waals surface area contributed by atoms with Crippen LogP contribution in [0.5, 0.6) is 0 Å².